The minimum absolute atomic E-state index is 0.311. The van der Waals surface area contributed by atoms with E-state index in [1.54, 1.807) is 31.2 Å². The van der Waals surface area contributed by atoms with Gasteiger partial charge in [0.05, 0.1) is 12.7 Å². The van der Waals surface area contributed by atoms with Crippen molar-refractivity contribution in [2.24, 2.45) is 0 Å². The van der Waals surface area contributed by atoms with Crippen molar-refractivity contribution in [1.29, 1.82) is 0 Å². The molecular weight excluding hydrogens is 208 g/mol. The first-order valence-electron chi connectivity index (χ1n) is 4.70. The largest absolute Gasteiger partial charge is 0.465 e. The number of esters is 2. The zero-order valence-corrected chi connectivity index (χ0v) is 9.10. The number of methoxy groups -OCH3 is 1. The molecule has 1 aromatic rings. The van der Waals surface area contributed by atoms with E-state index in [9.17, 15) is 9.59 Å². The third-order valence-corrected chi connectivity index (χ3v) is 1.78. The van der Waals surface area contributed by atoms with E-state index in [0.717, 1.165) is 0 Å². The molecule has 16 heavy (non-hydrogen) atoms. The van der Waals surface area contributed by atoms with Crippen molar-refractivity contribution in [3.63, 3.8) is 0 Å². The van der Waals surface area contributed by atoms with Crippen molar-refractivity contribution in [2.75, 3.05) is 7.11 Å². The van der Waals surface area contributed by atoms with Gasteiger partial charge in [-0.2, -0.15) is 0 Å². The second-order valence-corrected chi connectivity index (χ2v) is 2.94. The lowest BCUT2D eigenvalue weighted by Crippen LogP contribution is -2.05. The summed E-state index contributed by atoms with van der Waals surface area (Å²) in [6, 6.07) is 6.24. The van der Waals surface area contributed by atoms with Gasteiger partial charge in [0.1, 0.15) is 5.75 Å². The van der Waals surface area contributed by atoms with Gasteiger partial charge in [-0.1, -0.05) is 12.1 Å². The fourth-order valence-electron chi connectivity index (χ4n) is 1.09. The van der Waals surface area contributed by atoms with Crippen LogP contribution in [0.4, 0.5) is 0 Å². The molecule has 1 aromatic carbocycles. The maximum atomic E-state index is 11.2. The zero-order valence-electron chi connectivity index (χ0n) is 9.10. The summed E-state index contributed by atoms with van der Waals surface area (Å²) in [5, 5.41) is 0. The van der Waals surface area contributed by atoms with Gasteiger partial charge in [0.2, 0.25) is 0 Å². The quantitative estimate of drug-likeness (QED) is 0.444. The van der Waals surface area contributed by atoms with Gasteiger partial charge in [-0.3, -0.25) is 0 Å². The zero-order chi connectivity index (χ0) is 12.0. The summed E-state index contributed by atoms with van der Waals surface area (Å²) in [4.78, 5) is 22.3. The molecule has 0 saturated carbocycles. The predicted molar refractivity (Wildman–Crippen MR) is 58.2 cm³/mol. The van der Waals surface area contributed by atoms with Gasteiger partial charge >= 0.3 is 11.9 Å². The van der Waals surface area contributed by atoms with Crippen LogP contribution in [0.2, 0.25) is 0 Å². The Bertz CT molecular complexity index is 421. The maximum absolute atomic E-state index is 11.2. The summed E-state index contributed by atoms with van der Waals surface area (Å²) < 4.78 is 9.51. The van der Waals surface area contributed by atoms with Crippen LogP contribution in [0.3, 0.4) is 0 Å². The number of benzene rings is 1. The SMILES string of the molecule is CC=CC(=O)Oc1cccc(C(=O)OC)c1. The molecule has 0 spiro atoms. The number of carbonyl (C=O) groups excluding carboxylic acids is 2. The molecule has 0 fully saturated rings. The monoisotopic (exact) mass is 220 g/mol. The number of rotatable bonds is 3. The van der Waals surface area contributed by atoms with Gasteiger partial charge < -0.3 is 9.47 Å². The van der Waals surface area contributed by atoms with Crippen LogP contribution in [-0.4, -0.2) is 19.0 Å². The van der Waals surface area contributed by atoms with Crippen molar-refractivity contribution >= 4 is 11.9 Å². The third kappa shape index (κ3) is 3.24. The molecule has 0 aromatic heterocycles. The van der Waals surface area contributed by atoms with Crippen molar-refractivity contribution < 1.29 is 19.1 Å². The predicted octanol–water partition coefficient (Wildman–Crippen LogP) is 1.95. The number of allylic oxidation sites excluding steroid dienone is 1. The summed E-state index contributed by atoms with van der Waals surface area (Å²) in [5.74, 6) is -0.639. The Balaban J connectivity index is 2.82. The first-order chi connectivity index (χ1) is 7.67. The van der Waals surface area contributed by atoms with Crippen LogP contribution in [0.1, 0.15) is 17.3 Å². The Hall–Kier alpha value is -2.10. The lowest BCUT2D eigenvalue weighted by molar-refractivity contribution is -0.129. The Morgan fingerprint density at radius 1 is 1.31 bits per heavy atom. The van der Waals surface area contributed by atoms with Crippen LogP contribution in [-0.2, 0) is 9.53 Å². The van der Waals surface area contributed by atoms with E-state index in [4.69, 9.17) is 4.74 Å². The second kappa shape index (κ2) is 5.70. The highest BCUT2D eigenvalue weighted by atomic mass is 16.5. The highest BCUT2D eigenvalue weighted by Crippen LogP contribution is 2.14. The Labute approximate surface area is 93.5 Å². The van der Waals surface area contributed by atoms with E-state index in [1.165, 1.54) is 19.3 Å². The molecule has 84 valence electrons. The van der Waals surface area contributed by atoms with Crippen molar-refractivity contribution in [3.8, 4) is 5.75 Å². The van der Waals surface area contributed by atoms with Crippen molar-refractivity contribution in [1.82, 2.24) is 0 Å². The summed E-state index contributed by atoms with van der Waals surface area (Å²) in [5.41, 5.74) is 0.341. The fourth-order valence-corrected chi connectivity index (χ4v) is 1.09. The summed E-state index contributed by atoms with van der Waals surface area (Å²) >= 11 is 0. The number of ether oxygens (including phenoxy) is 2. The van der Waals surface area contributed by atoms with E-state index < -0.39 is 11.9 Å². The van der Waals surface area contributed by atoms with E-state index >= 15 is 0 Å². The first kappa shape index (κ1) is 12.0. The van der Waals surface area contributed by atoms with Crippen LogP contribution in [0.25, 0.3) is 0 Å². The first-order valence-corrected chi connectivity index (χ1v) is 4.70. The van der Waals surface area contributed by atoms with Gasteiger partial charge in [-0.05, 0) is 25.1 Å². The highest BCUT2D eigenvalue weighted by Gasteiger charge is 2.07. The summed E-state index contributed by atoms with van der Waals surface area (Å²) in [6.07, 6.45) is 2.87. The molecule has 0 aliphatic heterocycles. The molecule has 0 saturated heterocycles. The molecule has 0 atom stereocenters. The molecule has 0 aliphatic rings. The smallest absolute Gasteiger partial charge is 0.337 e. The molecule has 1 rings (SSSR count). The van der Waals surface area contributed by atoms with Gasteiger partial charge in [0.25, 0.3) is 0 Å². The molecule has 0 N–H and O–H groups in total. The highest BCUT2D eigenvalue weighted by molar-refractivity contribution is 5.90. The normalized spacial score (nSPS) is 10.1. The fraction of sp³-hybridized carbons (Fsp3) is 0.167. The Morgan fingerprint density at radius 3 is 2.69 bits per heavy atom. The van der Waals surface area contributed by atoms with Crippen molar-refractivity contribution in [2.45, 2.75) is 6.92 Å². The molecule has 0 unspecified atom stereocenters. The maximum Gasteiger partial charge on any atom is 0.337 e. The van der Waals surface area contributed by atoms with E-state index in [1.807, 2.05) is 0 Å². The Morgan fingerprint density at radius 2 is 2.06 bits per heavy atom. The number of hydrogen-bond acceptors (Lipinski definition) is 4. The average Bonchev–Trinajstić information content (AvgIpc) is 2.28. The second-order valence-electron chi connectivity index (χ2n) is 2.94. The number of hydrogen-bond donors (Lipinski definition) is 0. The van der Waals surface area contributed by atoms with Crippen LogP contribution in [0, 0.1) is 0 Å². The van der Waals surface area contributed by atoms with Crippen LogP contribution < -0.4 is 4.74 Å². The number of carbonyl (C=O) groups is 2. The van der Waals surface area contributed by atoms with E-state index in [0.29, 0.717) is 11.3 Å². The molecular formula is C12H12O4. The average molecular weight is 220 g/mol. The third-order valence-electron chi connectivity index (χ3n) is 1.78. The lowest BCUT2D eigenvalue weighted by atomic mass is 10.2. The summed E-state index contributed by atoms with van der Waals surface area (Å²) in [7, 11) is 1.29. The molecule has 4 heteroatoms. The molecule has 0 bridgehead atoms. The van der Waals surface area contributed by atoms with Gasteiger partial charge in [-0.25, -0.2) is 9.59 Å². The van der Waals surface area contributed by atoms with Gasteiger partial charge in [0, 0.05) is 6.08 Å². The minimum atomic E-state index is -0.482. The van der Waals surface area contributed by atoms with Gasteiger partial charge in [0.15, 0.2) is 0 Å². The van der Waals surface area contributed by atoms with Crippen LogP contribution in [0.15, 0.2) is 36.4 Å². The molecule has 4 nitrogen and oxygen atoms in total. The van der Waals surface area contributed by atoms with Crippen molar-refractivity contribution in [3.05, 3.63) is 42.0 Å². The van der Waals surface area contributed by atoms with Crippen LogP contribution >= 0.6 is 0 Å². The summed E-state index contributed by atoms with van der Waals surface area (Å²) in [6.45, 7) is 1.71. The Kier molecular flexibility index (Phi) is 4.27. The molecule has 0 radical (unpaired) electrons. The van der Waals surface area contributed by atoms with E-state index in [2.05, 4.69) is 4.74 Å². The molecule has 0 aliphatic carbocycles. The van der Waals surface area contributed by atoms with E-state index in [-0.39, 0.29) is 0 Å². The topological polar surface area (TPSA) is 52.6 Å². The minimum Gasteiger partial charge on any atom is -0.465 e. The lowest BCUT2D eigenvalue weighted by Gasteiger charge is -2.03. The van der Waals surface area contributed by atoms with Gasteiger partial charge in [-0.15, -0.1) is 0 Å². The van der Waals surface area contributed by atoms with Crippen LogP contribution in [0.5, 0.6) is 5.75 Å². The molecule has 0 heterocycles. The molecule has 0 amide bonds. The standard InChI is InChI=1S/C12H12O4/c1-3-5-11(13)16-10-7-4-6-9(8-10)12(14)15-2/h3-8H,1-2H3.